The predicted octanol–water partition coefficient (Wildman–Crippen LogP) is 2.59. The van der Waals surface area contributed by atoms with Crippen LogP contribution >= 0.6 is 0 Å². The first kappa shape index (κ1) is 37.7. The van der Waals surface area contributed by atoms with E-state index in [4.69, 9.17) is 10.2 Å². The fraction of sp³-hybridized carbons (Fsp3) is 0.400. The number of aliphatic hydroxyl groups is 2. The van der Waals surface area contributed by atoms with E-state index < -0.39 is 59.9 Å². The molecule has 0 aromatic carbocycles. The van der Waals surface area contributed by atoms with Crippen molar-refractivity contribution in [1.82, 2.24) is 0 Å². The SMILES string of the molecule is O.O.O=C(C=C(O)C(F)(F)F)C(F)(F)F.O=C(C=C(O)C(F)(F)F)C(F)(F)F.[Ni]. The summed E-state index contributed by atoms with van der Waals surface area (Å²) in [5.74, 6) is -10.7. The second-order valence-corrected chi connectivity index (χ2v) is 3.78. The Morgan fingerprint density at radius 2 is 0.690 bits per heavy atom. The fourth-order valence-electron chi connectivity index (χ4n) is 0.576. The Morgan fingerprint density at radius 3 is 0.793 bits per heavy atom. The van der Waals surface area contributed by atoms with Crippen molar-refractivity contribution in [2.75, 3.05) is 0 Å². The van der Waals surface area contributed by atoms with Crippen molar-refractivity contribution in [3.63, 3.8) is 0 Å². The maximum absolute atomic E-state index is 11.4. The number of ketones is 2. The van der Waals surface area contributed by atoms with Gasteiger partial charge in [-0.15, -0.1) is 0 Å². The summed E-state index contributed by atoms with van der Waals surface area (Å²) in [6.07, 6.45) is -23.4. The number of allylic oxidation sites excluding steroid dienone is 4. The molecule has 0 fully saturated rings. The first-order valence-corrected chi connectivity index (χ1v) is 5.28. The van der Waals surface area contributed by atoms with Crippen molar-refractivity contribution in [3.05, 3.63) is 23.7 Å². The standard InChI is InChI=1S/2C5H2F6O2.Ni.2H2O/c2*6-4(7,8)2(12)1-3(13)5(9,10)11;;;/h2*1,12H;;2*1H2. The molecule has 0 aromatic rings. The van der Waals surface area contributed by atoms with Gasteiger partial charge in [0.25, 0.3) is 11.6 Å². The molecule has 178 valence electrons. The van der Waals surface area contributed by atoms with E-state index in [0.717, 1.165) is 0 Å². The van der Waals surface area contributed by atoms with E-state index in [9.17, 15) is 62.3 Å². The molecule has 0 unspecified atom stereocenters. The third kappa shape index (κ3) is 16.6. The monoisotopic (exact) mass is 510 g/mol. The molecule has 0 bridgehead atoms. The van der Waals surface area contributed by atoms with E-state index >= 15 is 0 Å². The van der Waals surface area contributed by atoms with Crippen molar-refractivity contribution < 1.29 is 99.9 Å². The van der Waals surface area contributed by atoms with Crippen molar-refractivity contribution in [1.29, 1.82) is 0 Å². The van der Waals surface area contributed by atoms with E-state index in [1.807, 2.05) is 0 Å². The number of hydrogen-bond acceptors (Lipinski definition) is 4. The zero-order valence-electron chi connectivity index (χ0n) is 12.7. The van der Waals surface area contributed by atoms with Crippen LogP contribution in [0.15, 0.2) is 23.7 Å². The van der Waals surface area contributed by atoms with Crippen LogP contribution in [-0.2, 0) is 26.1 Å². The summed E-state index contributed by atoms with van der Waals surface area (Å²) >= 11 is 0. The van der Waals surface area contributed by atoms with Crippen LogP contribution in [0.25, 0.3) is 0 Å². The first-order valence-electron chi connectivity index (χ1n) is 5.28. The summed E-state index contributed by atoms with van der Waals surface area (Å²) in [4.78, 5) is 19.7. The minimum Gasteiger partial charge on any atom is -0.504 e. The van der Waals surface area contributed by atoms with Crippen LogP contribution in [0.2, 0.25) is 0 Å². The number of alkyl halides is 12. The fourth-order valence-corrected chi connectivity index (χ4v) is 0.576. The van der Waals surface area contributed by atoms with Gasteiger partial charge in [0.05, 0.1) is 0 Å². The van der Waals surface area contributed by atoms with Gasteiger partial charge < -0.3 is 21.2 Å². The normalized spacial score (nSPS) is 13.0. The molecule has 29 heavy (non-hydrogen) atoms. The van der Waals surface area contributed by atoms with E-state index in [-0.39, 0.29) is 27.4 Å². The molecule has 0 amide bonds. The number of aliphatic hydroxyl groups excluding tert-OH is 2. The average molecular weight is 511 g/mol. The molecule has 6 nitrogen and oxygen atoms in total. The number of halogens is 12. The molecule has 0 aliphatic carbocycles. The molecule has 0 radical (unpaired) electrons. The van der Waals surface area contributed by atoms with Gasteiger partial charge in [-0.05, 0) is 0 Å². The van der Waals surface area contributed by atoms with E-state index in [0.29, 0.717) is 0 Å². The largest absolute Gasteiger partial charge is 0.504 e. The molecule has 0 saturated heterocycles. The van der Waals surface area contributed by atoms with Crippen LogP contribution in [0.1, 0.15) is 0 Å². The molecule has 0 heterocycles. The second kappa shape index (κ2) is 12.5. The van der Waals surface area contributed by atoms with Crippen molar-refractivity contribution in [2.45, 2.75) is 24.7 Å². The van der Waals surface area contributed by atoms with Gasteiger partial charge in [-0.3, -0.25) is 9.59 Å². The van der Waals surface area contributed by atoms with Crippen LogP contribution in [0.3, 0.4) is 0 Å². The molecular weight excluding hydrogens is 503 g/mol. The van der Waals surface area contributed by atoms with Crippen LogP contribution in [0, 0.1) is 0 Å². The average Bonchev–Trinajstić information content (AvgIpc) is 2.34. The zero-order chi connectivity index (χ0) is 21.7. The molecule has 0 rings (SSSR count). The quantitative estimate of drug-likeness (QED) is 0.255. The van der Waals surface area contributed by atoms with Crippen molar-refractivity contribution in [3.8, 4) is 0 Å². The maximum Gasteiger partial charge on any atom is 0.454 e. The number of hydrogen-bond donors (Lipinski definition) is 2. The minimum atomic E-state index is -5.42. The van der Waals surface area contributed by atoms with Crippen molar-refractivity contribution >= 4 is 11.6 Å². The van der Waals surface area contributed by atoms with Gasteiger partial charge in [0.2, 0.25) is 11.5 Å². The summed E-state index contributed by atoms with van der Waals surface area (Å²) in [5, 5.41) is 15.9. The predicted molar refractivity (Wildman–Crippen MR) is 62.9 cm³/mol. The van der Waals surface area contributed by atoms with Gasteiger partial charge in [-0.25, -0.2) is 0 Å². The third-order valence-corrected chi connectivity index (χ3v) is 1.68. The molecule has 0 spiro atoms. The Bertz CT molecular complexity index is 532. The zero-order valence-corrected chi connectivity index (χ0v) is 13.7. The van der Waals surface area contributed by atoms with Gasteiger partial charge in [0.15, 0.2) is 0 Å². The van der Waals surface area contributed by atoms with Gasteiger partial charge in [-0.1, -0.05) is 0 Å². The smallest absolute Gasteiger partial charge is 0.454 e. The summed E-state index contributed by atoms with van der Waals surface area (Å²) in [5.41, 5.74) is 0. The minimum absolute atomic E-state index is 0. The summed E-state index contributed by atoms with van der Waals surface area (Å²) < 4.78 is 136. The van der Waals surface area contributed by atoms with Gasteiger partial charge in [0, 0.05) is 28.6 Å². The Morgan fingerprint density at radius 1 is 0.517 bits per heavy atom. The van der Waals surface area contributed by atoms with Crippen LogP contribution in [0.4, 0.5) is 52.7 Å². The molecule has 0 saturated carbocycles. The number of carbonyl (C=O) groups is 2. The van der Waals surface area contributed by atoms with Gasteiger partial charge in [-0.2, -0.15) is 52.7 Å². The summed E-state index contributed by atoms with van der Waals surface area (Å²) in [6.45, 7) is 0. The number of carbonyl (C=O) groups excluding carboxylic acids is 2. The Kier molecular flexibility index (Phi) is 16.3. The Hall–Kier alpha value is -2.01. The maximum atomic E-state index is 11.4. The van der Waals surface area contributed by atoms with Crippen LogP contribution in [0.5, 0.6) is 0 Å². The third-order valence-electron chi connectivity index (χ3n) is 1.68. The van der Waals surface area contributed by atoms with E-state index in [2.05, 4.69) is 0 Å². The van der Waals surface area contributed by atoms with Gasteiger partial charge in [0.1, 0.15) is 0 Å². The molecular formula is C10H8F12NiO6. The van der Waals surface area contributed by atoms with E-state index in [1.165, 1.54) is 0 Å². The number of rotatable bonds is 2. The Balaban J connectivity index is -0.000000120. The van der Waals surface area contributed by atoms with Crippen LogP contribution < -0.4 is 0 Å². The second-order valence-electron chi connectivity index (χ2n) is 3.78. The summed E-state index contributed by atoms with van der Waals surface area (Å²) in [6, 6.07) is 0. The molecule has 0 aliphatic heterocycles. The first-order chi connectivity index (χ1) is 11.1. The van der Waals surface area contributed by atoms with Crippen molar-refractivity contribution in [2.24, 2.45) is 0 Å². The van der Waals surface area contributed by atoms with Crippen LogP contribution in [-0.4, -0.2) is 57.4 Å². The van der Waals surface area contributed by atoms with E-state index in [1.54, 1.807) is 0 Å². The molecule has 19 heteroatoms. The summed E-state index contributed by atoms with van der Waals surface area (Å²) in [7, 11) is 0. The molecule has 0 aromatic heterocycles. The molecule has 0 atom stereocenters. The topological polar surface area (TPSA) is 138 Å². The molecule has 6 N–H and O–H groups in total. The Labute approximate surface area is 161 Å². The van der Waals surface area contributed by atoms with Gasteiger partial charge >= 0.3 is 24.7 Å². The molecule has 0 aliphatic rings.